The van der Waals surface area contributed by atoms with Crippen molar-refractivity contribution in [3.05, 3.63) is 50.4 Å². The lowest BCUT2D eigenvalue weighted by molar-refractivity contribution is 0.594. The van der Waals surface area contributed by atoms with Gasteiger partial charge in [0, 0.05) is 11.1 Å². The van der Waals surface area contributed by atoms with E-state index in [0.717, 1.165) is 28.6 Å². The Kier molecular flexibility index (Phi) is 5.01. The Balaban J connectivity index is 2.37. The van der Waals surface area contributed by atoms with E-state index in [0.29, 0.717) is 5.02 Å². The molecule has 1 atom stereocenters. The van der Waals surface area contributed by atoms with E-state index in [1.807, 2.05) is 23.6 Å². The van der Waals surface area contributed by atoms with Gasteiger partial charge >= 0.3 is 0 Å². The monoisotopic (exact) mass is 300 g/mol. The van der Waals surface area contributed by atoms with Crippen molar-refractivity contribution in [2.75, 3.05) is 6.54 Å². The van der Waals surface area contributed by atoms with Gasteiger partial charge in [0.05, 0.1) is 21.8 Å². The summed E-state index contributed by atoms with van der Waals surface area (Å²) >= 11 is 14.1. The number of aromatic nitrogens is 1. The van der Waals surface area contributed by atoms with Gasteiger partial charge in [0.15, 0.2) is 0 Å². The van der Waals surface area contributed by atoms with E-state index in [1.54, 1.807) is 17.5 Å². The van der Waals surface area contributed by atoms with E-state index >= 15 is 0 Å². The molecular formula is C13H14Cl2N2S. The molecular weight excluding hydrogens is 287 g/mol. The molecule has 5 heteroatoms. The Morgan fingerprint density at radius 3 is 2.78 bits per heavy atom. The molecule has 0 saturated carbocycles. The summed E-state index contributed by atoms with van der Waals surface area (Å²) < 4.78 is 0. The number of hydrogen-bond acceptors (Lipinski definition) is 3. The Labute approximate surface area is 121 Å². The molecule has 0 saturated heterocycles. The highest BCUT2D eigenvalue weighted by Crippen LogP contribution is 2.34. The third kappa shape index (κ3) is 3.04. The molecule has 2 heterocycles. The van der Waals surface area contributed by atoms with E-state index < -0.39 is 0 Å². The summed E-state index contributed by atoms with van der Waals surface area (Å²) in [6.45, 7) is 3.02. The molecule has 2 nitrogen and oxygen atoms in total. The molecule has 1 N–H and O–H groups in total. The normalized spacial score (nSPS) is 12.6. The molecule has 0 radical (unpaired) electrons. The van der Waals surface area contributed by atoms with E-state index in [9.17, 15) is 0 Å². The fourth-order valence-electron chi connectivity index (χ4n) is 1.72. The quantitative estimate of drug-likeness (QED) is 0.877. The molecule has 0 aliphatic rings. The standard InChI is InChI=1S/C13H14Cl2N2S/c1-2-6-16-12(13-10(15)5-8-18-13)11-9(14)4-3-7-17-11/h3-5,7-8,12,16H,2,6H2,1H3. The lowest BCUT2D eigenvalue weighted by atomic mass is 10.1. The number of nitrogens with one attached hydrogen (secondary N) is 1. The van der Waals surface area contributed by atoms with Crippen molar-refractivity contribution >= 4 is 34.5 Å². The van der Waals surface area contributed by atoms with Crippen LogP contribution in [0.4, 0.5) is 0 Å². The molecule has 0 bridgehead atoms. The van der Waals surface area contributed by atoms with Gasteiger partial charge in [-0.1, -0.05) is 30.1 Å². The van der Waals surface area contributed by atoms with Crippen LogP contribution in [0.5, 0.6) is 0 Å². The van der Waals surface area contributed by atoms with Crippen molar-refractivity contribution in [1.82, 2.24) is 10.3 Å². The Bertz CT molecular complexity index is 513. The van der Waals surface area contributed by atoms with Crippen molar-refractivity contribution in [3.8, 4) is 0 Å². The van der Waals surface area contributed by atoms with Crippen molar-refractivity contribution in [2.24, 2.45) is 0 Å². The predicted octanol–water partition coefficient (Wildman–Crippen LogP) is 4.54. The molecule has 0 amide bonds. The van der Waals surface area contributed by atoms with Crippen LogP contribution < -0.4 is 5.32 Å². The van der Waals surface area contributed by atoms with Crippen molar-refractivity contribution in [2.45, 2.75) is 19.4 Å². The third-order valence-electron chi connectivity index (χ3n) is 2.57. The minimum absolute atomic E-state index is 0.0360. The summed E-state index contributed by atoms with van der Waals surface area (Å²) in [6, 6.07) is 5.55. The molecule has 0 spiro atoms. The molecule has 18 heavy (non-hydrogen) atoms. The maximum atomic E-state index is 6.23. The van der Waals surface area contributed by atoms with Crippen LogP contribution in [-0.4, -0.2) is 11.5 Å². The van der Waals surface area contributed by atoms with E-state index in [-0.39, 0.29) is 6.04 Å². The van der Waals surface area contributed by atoms with Gasteiger partial charge in [-0.05, 0) is 36.5 Å². The average Bonchev–Trinajstić information content (AvgIpc) is 2.78. The minimum atomic E-state index is -0.0360. The van der Waals surface area contributed by atoms with Crippen LogP contribution >= 0.6 is 34.5 Å². The number of hydrogen-bond donors (Lipinski definition) is 1. The molecule has 0 aliphatic heterocycles. The number of rotatable bonds is 5. The van der Waals surface area contributed by atoms with Crippen LogP contribution in [-0.2, 0) is 0 Å². The first-order valence-corrected chi connectivity index (χ1v) is 7.44. The van der Waals surface area contributed by atoms with Gasteiger partial charge in [-0.25, -0.2) is 0 Å². The maximum Gasteiger partial charge on any atom is 0.0875 e. The summed E-state index contributed by atoms with van der Waals surface area (Å²) in [6.07, 6.45) is 2.80. The van der Waals surface area contributed by atoms with Gasteiger partial charge in [-0.3, -0.25) is 4.98 Å². The molecule has 0 aromatic carbocycles. The van der Waals surface area contributed by atoms with Crippen molar-refractivity contribution in [3.63, 3.8) is 0 Å². The highest BCUT2D eigenvalue weighted by Gasteiger charge is 2.21. The topological polar surface area (TPSA) is 24.9 Å². The second-order valence-electron chi connectivity index (χ2n) is 3.89. The second kappa shape index (κ2) is 6.53. The molecule has 1 unspecified atom stereocenters. The first kappa shape index (κ1) is 13.8. The van der Waals surface area contributed by atoms with Gasteiger partial charge in [-0.15, -0.1) is 11.3 Å². The highest BCUT2D eigenvalue weighted by molar-refractivity contribution is 7.10. The Morgan fingerprint density at radius 2 is 2.17 bits per heavy atom. The average molecular weight is 301 g/mol. The number of pyridine rings is 1. The number of nitrogens with zero attached hydrogens (tertiary/aromatic N) is 1. The SMILES string of the molecule is CCCNC(c1ncccc1Cl)c1sccc1Cl. The van der Waals surface area contributed by atoms with Crippen LogP contribution in [0.15, 0.2) is 29.8 Å². The Hall–Kier alpha value is -0.610. The molecule has 2 aromatic rings. The van der Waals surface area contributed by atoms with Crippen LogP contribution in [0.25, 0.3) is 0 Å². The summed E-state index contributed by atoms with van der Waals surface area (Å²) in [4.78, 5) is 5.44. The molecule has 96 valence electrons. The fourth-order valence-corrected chi connectivity index (χ4v) is 3.20. The van der Waals surface area contributed by atoms with Crippen molar-refractivity contribution in [1.29, 1.82) is 0 Å². The first-order chi connectivity index (χ1) is 8.74. The molecule has 0 aliphatic carbocycles. The third-order valence-corrected chi connectivity index (χ3v) is 4.31. The van der Waals surface area contributed by atoms with Crippen LogP contribution in [0, 0.1) is 0 Å². The summed E-state index contributed by atoms with van der Waals surface area (Å²) in [5, 5.41) is 6.85. The van der Waals surface area contributed by atoms with Gasteiger partial charge in [0.2, 0.25) is 0 Å². The lowest BCUT2D eigenvalue weighted by Gasteiger charge is -2.18. The Morgan fingerprint density at radius 1 is 1.33 bits per heavy atom. The van der Waals surface area contributed by atoms with Crippen LogP contribution in [0.1, 0.15) is 30.0 Å². The van der Waals surface area contributed by atoms with E-state index in [4.69, 9.17) is 23.2 Å². The zero-order valence-corrected chi connectivity index (χ0v) is 12.3. The number of halogens is 2. The summed E-state index contributed by atoms with van der Waals surface area (Å²) in [7, 11) is 0. The molecule has 2 rings (SSSR count). The fraction of sp³-hybridized carbons (Fsp3) is 0.308. The van der Waals surface area contributed by atoms with Gasteiger partial charge in [0.1, 0.15) is 0 Å². The summed E-state index contributed by atoms with van der Waals surface area (Å²) in [5.41, 5.74) is 0.831. The van der Waals surface area contributed by atoms with Gasteiger partial charge < -0.3 is 5.32 Å². The van der Waals surface area contributed by atoms with E-state index in [1.165, 1.54) is 0 Å². The largest absolute Gasteiger partial charge is 0.304 e. The van der Waals surface area contributed by atoms with Crippen molar-refractivity contribution < 1.29 is 0 Å². The summed E-state index contributed by atoms with van der Waals surface area (Å²) in [5.74, 6) is 0. The maximum absolute atomic E-state index is 6.23. The van der Waals surface area contributed by atoms with Crippen LogP contribution in [0.2, 0.25) is 10.0 Å². The van der Waals surface area contributed by atoms with Crippen LogP contribution in [0.3, 0.4) is 0 Å². The molecule has 2 aromatic heterocycles. The van der Waals surface area contributed by atoms with E-state index in [2.05, 4.69) is 17.2 Å². The predicted molar refractivity (Wildman–Crippen MR) is 78.7 cm³/mol. The van der Waals surface area contributed by atoms with Gasteiger partial charge in [-0.2, -0.15) is 0 Å². The minimum Gasteiger partial charge on any atom is -0.304 e. The zero-order chi connectivity index (χ0) is 13.0. The second-order valence-corrected chi connectivity index (χ2v) is 5.65. The first-order valence-electron chi connectivity index (χ1n) is 5.80. The molecule has 0 fully saturated rings. The van der Waals surface area contributed by atoms with Gasteiger partial charge in [0.25, 0.3) is 0 Å². The smallest absolute Gasteiger partial charge is 0.0875 e. The zero-order valence-electron chi connectivity index (χ0n) is 9.99. The highest BCUT2D eigenvalue weighted by atomic mass is 35.5. The lowest BCUT2D eigenvalue weighted by Crippen LogP contribution is -2.23. The number of thiophene rings is 1.